The molecule has 3 heterocycles. The van der Waals surface area contributed by atoms with E-state index >= 15 is 0 Å². The number of carbonyl (C=O) groups excluding carboxylic acids is 2. The van der Waals surface area contributed by atoms with Gasteiger partial charge in [-0.25, -0.2) is 0 Å². The summed E-state index contributed by atoms with van der Waals surface area (Å²) >= 11 is 0. The van der Waals surface area contributed by atoms with E-state index in [0.29, 0.717) is 31.6 Å². The molecule has 1 amide bonds. The van der Waals surface area contributed by atoms with E-state index in [2.05, 4.69) is 17.1 Å². The van der Waals surface area contributed by atoms with E-state index < -0.39 is 0 Å². The molecule has 162 valence electrons. The summed E-state index contributed by atoms with van der Waals surface area (Å²) in [6, 6.07) is 8.44. The van der Waals surface area contributed by atoms with Crippen molar-refractivity contribution in [1.82, 2.24) is 4.90 Å². The summed E-state index contributed by atoms with van der Waals surface area (Å²) in [4.78, 5) is 28.0. The number of allylic oxidation sites excluding steroid dienone is 3. The zero-order valence-corrected chi connectivity index (χ0v) is 17.7. The number of ether oxygens (including phenoxy) is 2. The van der Waals surface area contributed by atoms with Gasteiger partial charge >= 0.3 is 0 Å². The molecule has 0 N–H and O–H groups in total. The number of likely N-dealkylation sites (tertiary alicyclic amines) is 1. The van der Waals surface area contributed by atoms with Crippen molar-refractivity contribution >= 4 is 17.9 Å². The topological polar surface area (TPSA) is 59.1 Å². The van der Waals surface area contributed by atoms with Crippen LogP contribution in [0, 0.1) is 5.92 Å². The fourth-order valence-corrected chi connectivity index (χ4v) is 5.24. The normalized spacial score (nSPS) is 25.1. The number of hydrogen-bond donors (Lipinski definition) is 0. The molecule has 4 aliphatic rings. The van der Waals surface area contributed by atoms with Crippen molar-refractivity contribution in [3.8, 4) is 0 Å². The lowest BCUT2D eigenvalue weighted by molar-refractivity contribution is -0.117. The summed E-state index contributed by atoms with van der Waals surface area (Å²) in [7, 11) is 0. The number of nitrogens with zero attached hydrogens (tertiary/aromatic N) is 2. The lowest BCUT2D eigenvalue weighted by Gasteiger charge is -2.26. The van der Waals surface area contributed by atoms with Gasteiger partial charge in [0, 0.05) is 37.8 Å². The van der Waals surface area contributed by atoms with Crippen LogP contribution >= 0.6 is 0 Å². The second-order valence-electron chi connectivity index (χ2n) is 8.63. The van der Waals surface area contributed by atoms with Gasteiger partial charge in [-0.15, -0.1) is 0 Å². The minimum atomic E-state index is 0.187. The van der Waals surface area contributed by atoms with Gasteiger partial charge in [0.05, 0.1) is 6.42 Å². The van der Waals surface area contributed by atoms with Crippen LogP contribution in [0.25, 0.3) is 0 Å². The van der Waals surface area contributed by atoms with Gasteiger partial charge in [0.1, 0.15) is 6.29 Å². The molecular formula is C25H28N2O4. The smallest absolute Gasteiger partial charge is 0.231 e. The molecule has 3 aliphatic heterocycles. The van der Waals surface area contributed by atoms with Crippen molar-refractivity contribution in [2.75, 3.05) is 31.3 Å². The molecule has 0 bridgehead atoms. The minimum absolute atomic E-state index is 0.187. The van der Waals surface area contributed by atoms with E-state index in [4.69, 9.17) is 9.47 Å². The number of aldehydes is 1. The van der Waals surface area contributed by atoms with Gasteiger partial charge in [-0.3, -0.25) is 9.69 Å². The van der Waals surface area contributed by atoms with E-state index in [0.717, 1.165) is 68.0 Å². The number of rotatable bonds is 7. The van der Waals surface area contributed by atoms with Gasteiger partial charge in [-0.05, 0) is 49.0 Å². The molecule has 2 fully saturated rings. The maximum Gasteiger partial charge on any atom is 0.231 e. The van der Waals surface area contributed by atoms with Crippen LogP contribution in [0.5, 0.6) is 0 Å². The molecule has 31 heavy (non-hydrogen) atoms. The van der Waals surface area contributed by atoms with Gasteiger partial charge in [-0.2, -0.15) is 0 Å². The molecule has 6 heteroatoms. The molecule has 2 saturated heterocycles. The lowest BCUT2D eigenvalue weighted by atomic mass is 9.92. The molecule has 0 spiro atoms. The number of hydrogen-bond acceptors (Lipinski definition) is 5. The van der Waals surface area contributed by atoms with Gasteiger partial charge in [0.15, 0.2) is 11.5 Å². The number of fused-ring (bicyclic) bond motifs is 2. The highest BCUT2D eigenvalue weighted by atomic mass is 16.7. The SMILES string of the molecule is O=CCCN1CC(C2=CC=C3OCOC3=CC2)CC1CCN1C(=O)Cc2ccccc21. The fraction of sp³-hybridized carbons (Fsp3) is 0.440. The summed E-state index contributed by atoms with van der Waals surface area (Å²) in [5.41, 5.74) is 3.55. The Bertz CT molecular complexity index is 964. The average molecular weight is 421 g/mol. The third-order valence-corrected chi connectivity index (χ3v) is 6.84. The van der Waals surface area contributed by atoms with Crippen LogP contribution in [0.15, 0.2) is 59.6 Å². The molecule has 2 atom stereocenters. The van der Waals surface area contributed by atoms with E-state index in [1.54, 1.807) is 0 Å². The van der Waals surface area contributed by atoms with Crippen LogP contribution in [-0.2, 0) is 25.5 Å². The third-order valence-electron chi connectivity index (χ3n) is 6.84. The number of amides is 1. The Balaban J connectivity index is 1.27. The summed E-state index contributed by atoms with van der Waals surface area (Å²) in [5, 5.41) is 0. The molecule has 2 unspecified atom stereocenters. The zero-order valence-electron chi connectivity index (χ0n) is 17.7. The van der Waals surface area contributed by atoms with Crippen molar-refractivity contribution in [2.45, 2.75) is 38.1 Å². The molecule has 1 aromatic rings. The van der Waals surface area contributed by atoms with Gasteiger partial charge in [0.2, 0.25) is 12.7 Å². The molecular weight excluding hydrogens is 392 g/mol. The van der Waals surface area contributed by atoms with Crippen LogP contribution < -0.4 is 4.90 Å². The summed E-state index contributed by atoms with van der Waals surface area (Å²) in [6.07, 6.45) is 11.2. The highest BCUT2D eigenvalue weighted by molar-refractivity contribution is 6.01. The Labute approximate surface area is 182 Å². The first-order valence-electron chi connectivity index (χ1n) is 11.2. The van der Waals surface area contributed by atoms with Crippen molar-refractivity contribution in [3.63, 3.8) is 0 Å². The monoisotopic (exact) mass is 420 g/mol. The van der Waals surface area contributed by atoms with Crippen molar-refractivity contribution < 1.29 is 19.1 Å². The Morgan fingerprint density at radius 1 is 1.10 bits per heavy atom. The summed E-state index contributed by atoms with van der Waals surface area (Å²) < 4.78 is 11.0. The fourth-order valence-electron chi connectivity index (χ4n) is 5.24. The predicted octanol–water partition coefficient (Wildman–Crippen LogP) is 3.35. The van der Waals surface area contributed by atoms with Gasteiger partial charge in [0.25, 0.3) is 0 Å². The first-order valence-corrected chi connectivity index (χ1v) is 11.2. The molecule has 0 aromatic heterocycles. The molecule has 1 aromatic carbocycles. The summed E-state index contributed by atoms with van der Waals surface area (Å²) in [5.74, 6) is 2.27. The van der Waals surface area contributed by atoms with E-state index in [1.165, 1.54) is 5.57 Å². The number of anilines is 1. The van der Waals surface area contributed by atoms with Crippen molar-refractivity contribution in [2.24, 2.45) is 5.92 Å². The van der Waals surface area contributed by atoms with E-state index in [-0.39, 0.29) is 5.91 Å². The zero-order chi connectivity index (χ0) is 21.2. The standard InChI is InChI=1S/C25H28N2O4/c28-13-3-11-26-16-20(18-6-8-23-24(9-7-18)31-17-30-23)14-21(26)10-12-27-22-5-2-1-4-19(22)15-25(27)29/h1-2,4-6,8-9,13,20-21H,3,7,10-12,14-17H2. The van der Waals surface area contributed by atoms with Crippen LogP contribution in [0.3, 0.4) is 0 Å². The largest absolute Gasteiger partial charge is 0.454 e. The van der Waals surface area contributed by atoms with Gasteiger partial charge < -0.3 is 19.2 Å². The highest BCUT2D eigenvalue weighted by Gasteiger charge is 2.35. The van der Waals surface area contributed by atoms with Crippen molar-refractivity contribution in [1.29, 1.82) is 0 Å². The van der Waals surface area contributed by atoms with E-state index in [9.17, 15) is 9.59 Å². The van der Waals surface area contributed by atoms with Crippen LogP contribution in [0.2, 0.25) is 0 Å². The molecule has 0 radical (unpaired) electrons. The Hall–Kier alpha value is -2.86. The molecule has 0 saturated carbocycles. The Kier molecular flexibility index (Phi) is 5.64. The third kappa shape index (κ3) is 4.04. The Morgan fingerprint density at radius 2 is 1.97 bits per heavy atom. The molecule has 1 aliphatic carbocycles. The second-order valence-corrected chi connectivity index (χ2v) is 8.63. The number of carbonyl (C=O) groups is 2. The number of benzene rings is 1. The second kappa shape index (κ2) is 8.71. The molecule has 6 nitrogen and oxygen atoms in total. The minimum Gasteiger partial charge on any atom is -0.454 e. The van der Waals surface area contributed by atoms with Crippen molar-refractivity contribution in [3.05, 3.63) is 65.1 Å². The maximum atomic E-state index is 12.6. The predicted molar refractivity (Wildman–Crippen MR) is 117 cm³/mol. The average Bonchev–Trinajstić information content (AvgIpc) is 3.44. The van der Waals surface area contributed by atoms with Crippen LogP contribution in [-0.4, -0.2) is 49.6 Å². The maximum absolute atomic E-state index is 12.6. The van der Waals surface area contributed by atoms with Crippen LogP contribution in [0.1, 0.15) is 31.2 Å². The first kappa shape index (κ1) is 20.1. The van der Waals surface area contributed by atoms with Crippen LogP contribution in [0.4, 0.5) is 5.69 Å². The first-order chi connectivity index (χ1) is 15.2. The lowest BCUT2D eigenvalue weighted by Crippen LogP contribution is -2.36. The Morgan fingerprint density at radius 3 is 2.87 bits per heavy atom. The molecule has 5 rings (SSSR count). The van der Waals surface area contributed by atoms with Gasteiger partial charge in [-0.1, -0.05) is 29.8 Å². The highest BCUT2D eigenvalue weighted by Crippen LogP contribution is 2.36. The van der Waals surface area contributed by atoms with E-state index in [1.807, 2.05) is 35.2 Å². The quantitative estimate of drug-likeness (QED) is 0.633. The number of para-hydroxylation sites is 1. The summed E-state index contributed by atoms with van der Waals surface area (Å²) in [6.45, 7) is 2.74.